The fourth-order valence-corrected chi connectivity index (χ4v) is 3.82. The second-order valence-corrected chi connectivity index (χ2v) is 7.38. The lowest BCUT2D eigenvalue weighted by molar-refractivity contribution is -0.138. The van der Waals surface area contributed by atoms with Crippen molar-refractivity contribution in [1.29, 1.82) is 0 Å². The molecule has 2 N–H and O–H groups in total. The van der Waals surface area contributed by atoms with Gasteiger partial charge in [0, 0.05) is 18.4 Å². The quantitative estimate of drug-likeness (QED) is 0.610. The zero-order chi connectivity index (χ0) is 19.2. The van der Waals surface area contributed by atoms with Crippen LogP contribution in [0.15, 0.2) is 60.7 Å². The molecular weight excluding hydrogens is 360 g/mol. The molecule has 0 saturated carbocycles. The molecule has 5 nitrogen and oxygen atoms in total. The zero-order valence-corrected chi connectivity index (χ0v) is 15.7. The Bertz CT molecular complexity index is 866. The minimum absolute atomic E-state index is 0.0319. The summed E-state index contributed by atoms with van der Waals surface area (Å²) in [5.41, 5.74) is 2.83. The number of aliphatic carboxylic acids is 1. The first-order valence-electron chi connectivity index (χ1n) is 8.66. The van der Waals surface area contributed by atoms with Gasteiger partial charge < -0.3 is 10.4 Å². The van der Waals surface area contributed by atoms with E-state index >= 15 is 0 Å². The van der Waals surface area contributed by atoms with Crippen molar-refractivity contribution in [2.45, 2.75) is 19.8 Å². The molecule has 0 fully saturated rings. The van der Waals surface area contributed by atoms with Crippen molar-refractivity contribution < 1.29 is 14.7 Å². The molecule has 1 aromatic heterocycles. The van der Waals surface area contributed by atoms with Gasteiger partial charge in [0.2, 0.25) is 5.91 Å². The Balaban J connectivity index is 1.86. The van der Waals surface area contributed by atoms with Gasteiger partial charge in [-0.2, -0.15) is 0 Å². The van der Waals surface area contributed by atoms with Gasteiger partial charge in [-0.1, -0.05) is 78.9 Å². The first kappa shape index (κ1) is 18.8. The molecule has 3 aromatic rings. The van der Waals surface area contributed by atoms with Crippen LogP contribution in [0, 0.1) is 5.92 Å². The van der Waals surface area contributed by atoms with E-state index in [0.29, 0.717) is 5.13 Å². The summed E-state index contributed by atoms with van der Waals surface area (Å²) < 4.78 is 0. The van der Waals surface area contributed by atoms with Gasteiger partial charge in [0.25, 0.3) is 0 Å². The average molecular weight is 380 g/mol. The minimum atomic E-state index is -0.901. The number of carbonyl (C=O) groups is 2. The minimum Gasteiger partial charge on any atom is -0.481 e. The molecule has 1 heterocycles. The molecule has 27 heavy (non-hydrogen) atoms. The zero-order valence-electron chi connectivity index (χ0n) is 14.9. The van der Waals surface area contributed by atoms with Gasteiger partial charge >= 0.3 is 5.97 Å². The van der Waals surface area contributed by atoms with E-state index < -0.39 is 5.97 Å². The number of rotatable bonds is 7. The molecule has 2 aromatic carbocycles. The molecule has 0 saturated heterocycles. The predicted octanol–water partition coefficient (Wildman–Crippen LogP) is 4.92. The maximum Gasteiger partial charge on any atom is 0.303 e. The third-order valence-electron chi connectivity index (χ3n) is 4.01. The number of carboxylic acid groups (broad SMARTS) is 1. The number of carbonyl (C=O) groups excluding carboxylic acids is 1. The molecule has 1 amide bonds. The van der Waals surface area contributed by atoms with Crippen LogP contribution < -0.4 is 5.32 Å². The monoisotopic (exact) mass is 380 g/mol. The number of anilines is 1. The molecule has 0 aliphatic carbocycles. The van der Waals surface area contributed by atoms with Gasteiger partial charge in [0.05, 0.1) is 10.6 Å². The molecule has 138 valence electrons. The van der Waals surface area contributed by atoms with Gasteiger partial charge in [0.15, 0.2) is 5.13 Å². The van der Waals surface area contributed by atoms with Gasteiger partial charge in [-0.05, 0) is 11.5 Å². The highest BCUT2D eigenvalue weighted by Gasteiger charge is 2.18. The summed E-state index contributed by atoms with van der Waals surface area (Å²) in [5, 5.41) is 12.2. The van der Waals surface area contributed by atoms with Crippen LogP contribution in [0.3, 0.4) is 0 Å². The van der Waals surface area contributed by atoms with Crippen LogP contribution in [0.1, 0.15) is 19.8 Å². The Kier molecular flexibility index (Phi) is 5.98. The van der Waals surface area contributed by atoms with Crippen LogP contribution in [0.2, 0.25) is 0 Å². The van der Waals surface area contributed by atoms with E-state index in [-0.39, 0.29) is 24.7 Å². The molecule has 0 aliphatic rings. The summed E-state index contributed by atoms with van der Waals surface area (Å²) in [6.45, 7) is 1.75. The highest BCUT2D eigenvalue weighted by atomic mass is 32.1. The SMILES string of the molecule is C[C@@H](CC(=O)O)CC(=O)Nc1nc(-c2ccccc2)c(-c2ccccc2)s1. The van der Waals surface area contributed by atoms with Crippen molar-refractivity contribution in [1.82, 2.24) is 4.98 Å². The van der Waals surface area contributed by atoms with Crippen LogP contribution in [0.5, 0.6) is 0 Å². The van der Waals surface area contributed by atoms with E-state index in [1.54, 1.807) is 6.92 Å². The Labute approximate surface area is 161 Å². The Morgan fingerprint density at radius 3 is 2.19 bits per heavy atom. The average Bonchev–Trinajstić information content (AvgIpc) is 3.06. The summed E-state index contributed by atoms with van der Waals surface area (Å²) in [5.74, 6) is -1.36. The third kappa shape index (κ3) is 5.01. The molecule has 0 spiro atoms. The van der Waals surface area contributed by atoms with Crippen molar-refractivity contribution in [2.75, 3.05) is 5.32 Å². The number of carboxylic acids is 1. The first-order valence-corrected chi connectivity index (χ1v) is 9.48. The van der Waals surface area contributed by atoms with E-state index in [4.69, 9.17) is 5.11 Å². The third-order valence-corrected chi connectivity index (χ3v) is 5.03. The molecule has 0 bridgehead atoms. The highest BCUT2D eigenvalue weighted by molar-refractivity contribution is 7.19. The number of nitrogens with one attached hydrogen (secondary N) is 1. The normalized spacial score (nSPS) is 11.7. The standard InChI is InChI=1S/C21H20N2O3S/c1-14(13-18(25)26)12-17(24)22-21-23-19(15-8-4-2-5-9-15)20(27-21)16-10-6-3-7-11-16/h2-11,14H,12-13H2,1H3,(H,25,26)(H,22,23,24)/t14-/m1/s1. The van der Waals surface area contributed by atoms with Crippen LogP contribution in [-0.2, 0) is 9.59 Å². The van der Waals surface area contributed by atoms with Crippen molar-refractivity contribution >= 4 is 28.3 Å². The van der Waals surface area contributed by atoms with Crippen molar-refractivity contribution in [2.24, 2.45) is 5.92 Å². The number of aromatic nitrogens is 1. The molecule has 0 unspecified atom stereocenters. The Morgan fingerprint density at radius 2 is 1.59 bits per heavy atom. The van der Waals surface area contributed by atoms with E-state index in [9.17, 15) is 9.59 Å². The molecule has 1 atom stereocenters. The van der Waals surface area contributed by atoms with Gasteiger partial charge in [-0.25, -0.2) is 4.98 Å². The molecule has 0 aliphatic heterocycles. The predicted molar refractivity (Wildman–Crippen MR) is 108 cm³/mol. The van der Waals surface area contributed by atoms with Gasteiger partial charge in [0.1, 0.15) is 0 Å². The maximum atomic E-state index is 12.3. The number of hydrogen-bond donors (Lipinski definition) is 2. The summed E-state index contributed by atoms with van der Waals surface area (Å²) in [7, 11) is 0. The Morgan fingerprint density at radius 1 is 1.00 bits per heavy atom. The van der Waals surface area contributed by atoms with E-state index in [0.717, 1.165) is 21.7 Å². The van der Waals surface area contributed by atoms with E-state index in [1.165, 1.54) is 11.3 Å². The lowest BCUT2D eigenvalue weighted by Crippen LogP contribution is -2.16. The summed E-state index contributed by atoms with van der Waals surface area (Å²) in [6, 6.07) is 19.8. The summed E-state index contributed by atoms with van der Waals surface area (Å²) in [4.78, 5) is 28.6. The van der Waals surface area contributed by atoms with Crippen LogP contribution >= 0.6 is 11.3 Å². The number of nitrogens with zero attached hydrogens (tertiary/aromatic N) is 1. The van der Waals surface area contributed by atoms with E-state index in [1.807, 2.05) is 60.7 Å². The fraction of sp³-hybridized carbons (Fsp3) is 0.190. The lowest BCUT2D eigenvalue weighted by atomic mass is 10.0. The number of amides is 1. The van der Waals surface area contributed by atoms with Crippen molar-refractivity contribution in [3.8, 4) is 21.7 Å². The fourth-order valence-electron chi connectivity index (χ4n) is 2.81. The van der Waals surface area contributed by atoms with Gasteiger partial charge in [-0.3, -0.25) is 9.59 Å². The lowest BCUT2D eigenvalue weighted by Gasteiger charge is -2.07. The number of thiazole rings is 1. The molecule has 6 heteroatoms. The summed E-state index contributed by atoms with van der Waals surface area (Å²) >= 11 is 1.42. The largest absolute Gasteiger partial charge is 0.481 e. The van der Waals surface area contributed by atoms with Gasteiger partial charge in [-0.15, -0.1) is 0 Å². The van der Waals surface area contributed by atoms with Crippen LogP contribution in [0.25, 0.3) is 21.7 Å². The Hall–Kier alpha value is -2.99. The van der Waals surface area contributed by atoms with Crippen LogP contribution in [0.4, 0.5) is 5.13 Å². The molecular formula is C21H20N2O3S. The second-order valence-electron chi connectivity index (χ2n) is 6.38. The van der Waals surface area contributed by atoms with E-state index in [2.05, 4.69) is 10.3 Å². The highest BCUT2D eigenvalue weighted by Crippen LogP contribution is 2.38. The smallest absolute Gasteiger partial charge is 0.303 e. The van der Waals surface area contributed by atoms with Crippen molar-refractivity contribution in [3.63, 3.8) is 0 Å². The summed E-state index contributed by atoms with van der Waals surface area (Å²) in [6.07, 6.45) is 0.114. The molecule has 3 rings (SSSR count). The first-order chi connectivity index (χ1) is 13.0. The topological polar surface area (TPSA) is 79.3 Å². The maximum absolute atomic E-state index is 12.3. The number of benzene rings is 2. The number of hydrogen-bond acceptors (Lipinski definition) is 4. The van der Waals surface area contributed by atoms with Crippen LogP contribution in [-0.4, -0.2) is 22.0 Å². The molecule has 0 radical (unpaired) electrons. The van der Waals surface area contributed by atoms with Crippen molar-refractivity contribution in [3.05, 3.63) is 60.7 Å². The second kappa shape index (κ2) is 8.60.